The Balaban J connectivity index is 2.22. The second kappa shape index (κ2) is 5.24. The molecule has 1 aliphatic heterocycles. The van der Waals surface area contributed by atoms with Crippen LogP contribution in [0.15, 0.2) is 18.2 Å². The minimum atomic E-state index is -4.81. The number of halogens is 3. The molecule has 1 N–H and O–H groups in total. The summed E-state index contributed by atoms with van der Waals surface area (Å²) in [6.07, 6.45) is -5.40. The summed E-state index contributed by atoms with van der Waals surface area (Å²) >= 11 is 0. The summed E-state index contributed by atoms with van der Waals surface area (Å²) in [5.41, 5.74) is -2.74. The van der Waals surface area contributed by atoms with E-state index < -0.39 is 35.6 Å². The third kappa shape index (κ3) is 2.76. The van der Waals surface area contributed by atoms with E-state index in [1.807, 2.05) is 0 Å². The lowest BCUT2D eigenvalue weighted by atomic mass is 10.0. The molecule has 22 heavy (non-hydrogen) atoms. The zero-order valence-electron chi connectivity index (χ0n) is 11.6. The van der Waals surface area contributed by atoms with Crippen LogP contribution in [0.25, 0.3) is 0 Å². The highest BCUT2D eigenvalue weighted by atomic mass is 19.4. The molecule has 6 nitrogen and oxygen atoms in total. The summed E-state index contributed by atoms with van der Waals surface area (Å²) < 4.78 is 38.2. The molecule has 0 saturated carbocycles. The number of carbonyl (C=O) groups is 1. The van der Waals surface area contributed by atoms with E-state index in [4.69, 9.17) is 0 Å². The van der Waals surface area contributed by atoms with Crippen molar-refractivity contribution in [3.8, 4) is 0 Å². The van der Waals surface area contributed by atoms with E-state index in [1.54, 1.807) is 0 Å². The Morgan fingerprint density at radius 1 is 1.45 bits per heavy atom. The number of nitrogens with zero attached hydrogens (tertiary/aromatic N) is 2. The highest BCUT2D eigenvalue weighted by molar-refractivity contribution is 5.96. The van der Waals surface area contributed by atoms with Crippen LogP contribution in [0.3, 0.4) is 0 Å². The van der Waals surface area contributed by atoms with Gasteiger partial charge in [0.15, 0.2) is 5.60 Å². The number of rotatable bonds is 2. The number of non-ortho nitro benzene ring substituents is 1. The largest absolute Gasteiger partial charge is 0.419 e. The van der Waals surface area contributed by atoms with E-state index >= 15 is 0 Å². The number of likely N-dealkylation sites (tertiary alicyclic amines) is 1. The number of hydrogen-bond acceptors (Lipinski definition) is 4. The second-order valence-corrected chi connectivity index (χ2v) is 5.26. The number of hydrogen-bond donors (Lipinski definition) is 1. The lowest BCUT2D eigenvalue weighted by molar-refractivity contribution is -0.384. The Kier molecular flexibility index (Phi) is 3.86. The quantitative estimate of drug-likeness (QED) is 0.668. The van der Waals surface area contributed by atoms with Crippen molar-refractivity contribution < 1.29 is 28.0 Å². The summed E-state index contributed by atoms with van der Waals surface area (Å²) in [6, 6.07) is 3.51. The van der Waals surface area contributed by atoms with E-state index in [9.17, 15) is 33.2 Å². The maximum absolute atomic E-state index is 12.7. The highest BCUT2D eigenvalue weighted by Crippen LogP contribution is 2.38. The molecule has 1 aromatic carbocycles. The topological polar surface area (TPSA) is 83.7 Å². The first-order valence-corrected chi connectivity index (χ1v) is 6.38. The third-order valence-corrected chi connectivity index (χ3v) is 3.71. The van der Waals surface area contributed by atoms with Gasteiger partial charge in [-0.2, -0.15) is 13.2 Å². The van der Waals surface area contributed by atoms with Crippen molar-refractivity contribution in [3.63, 3.8) is 0 Å². The van der Waals surface area contributed by atoms with Crippen LogP contribution in [-0.2, 0) is 0 Å². The molecule has 1 fully saturated rings. The molecule has 0 aromatic heterocycles. The molecule has 120 valence electrons. The van der Waals surface area contributed by atoms with Crippen LogP contribution in [-0.4, -0.2) is 45.7 Å². The van der Waals surface area contributed by atoms with Gasteiger partial charge in [0.05, 0.1) is 11.5 Å². The van der Waals surface area contributed by atoms with Crippen LogP contribution >= 0.6 is 0 Å². The van der Waals surface area contributed by atoms with Crippen molar-refractivity contribution in [1.82, 2.24) is 4.90 Å². The summed E-state index contributed by atoms with van der Waals surface area (Å²) in [5.74, 6) is -0.687. The van der Waals surface area contributed by atoms with E-state index in [1.165, 1.54) is 19.1 Å². The van der Waals surface area contributed by atoms with Gasteiger partial charge in [-0.25, -0.2) is 0 Å². The van der Waals surface area contributed by atoms with Crippen LogP contribution in [0.4, 0.5) is 18.9 Å². The van der Waals surface area contributed by atoms with Crippen LogP contribution < -0.4 is 0 Å². The fourth-order valence-electron chi connectivity index (χ4n) is 2.37. The van der Waals surface area contributed by atoms with Crippen molar-refractivity contribution in [2.75, 3.05) is 13.1 Å². The smallest absolute Gasteiger partial charge is 0.379 e. The molecule has 0 bridgehead atoms. The molecule has 1 saturated heterocycles. The second-order valence-electron chi connectivity index (χ2n) is 5.26. The van der Waals surface area contributed by atoms with Crippen molar-refractivity contribution >= 4 is 11.6 Å². The Bertz CT molecular complexity index is 632. The fourth-order valence-corrected chi connectivity index (χ4v) is 2.37. The molecule has 2 rings (SSSR count). The van der Waals surface area contributed by atoms with Gasteiger partial charge in [0.25, 0.3) is 11.6 Å². The monoisotopic (exact) mass is 318 g/mol. The Morgan fingerprint density at radius 3 is 2.55 bits per heavy atom. The summed E-state index contributed by atoms with van der Waals surface area (Å²) in [6.45, 7) is 0.392. The Morgan fingerprint density at radius 2 is 2.09 bits per heavy atom. The van der Waals surface area contributed by atoms with Crippen molar-refractivity contribution in [2.45, 2.75) is 25.1 Å². The number of aliphatic hydroxyl groups is 1. The van der Waals surface area contributed by atoms with Gasteiger partial charge < -0.3 is 10.0 Å². The number of amides is 1. The third-order valence-electron chi connectivity index (χ3n) is 3.71. The SMILES string of the molecule is Cc1cc([N+](=O)[O-])ccc1C(=O)N1CC[C@](O)(C(F)(F)F)C1. The maximum atomic E-state index is 12.7. The molecule has 0 radical (unpaired) electrons. The molecule has 1 aromatic rings. The zero-order chi connectivity index (χ0) is 16.7. The maximum Gasteiger partial charge on any atom is 0.419 e. The number of aryl methyl sites for hydroxylation is 1. The Hall–Kier alpha value is -2.16. The lowest BCUT2D eigenvalue weighted by Gasteiger charge is -2.26. The number of alkyl halides is 3. The molecule has 9 heteroatoms. The van der Waals surface area contributed by atoms with E-state index in [0.29, 0.717) is 5.56 Å². The van der Waals surface area contributed by atoms with Crippen LogP contribution in [0.5, 0.6) is 0 Å². The molecule has 1 amide bonds. The van der Waals surface area contributed by atoms with Gasteiger partial charge >= 0.3 is 6.18 Å². The predicted molar refractivity (Wildman–Crippen MR) is 69.4 cm³/mol. The number of β-amino-alcohol motifs (C(OH)–C–C–N with tert-alkyl or cyclic N) is 1. The number of carbonyl (C=O) groups excluding carboxylic acids is 1. The number of benzene rings is 1. The molecule has 1 aliphatic rings. The lowest BCUT2D eigenvalue weighted by Crippen LogP contribution is -2.48. The Labute approximate surface area is 123 Å². The standard InChI is InChI=1S/C13H13F3N2O4/c1-8-6-9(18(21)22)2-3-10(8)11(19)17-5-4-12(20,7-17)13(14,15)16/h2-3,6,20H,4-5,7H2,1H3/t12-/m1/s1. The summed E-state index contributed by atoms with van der Waals surface area (Å²) in [7, 11) is 0. The summed E-state index contributed by atoms with van der Waals surface area (Å²) in [5, 5.41) is 20.2. The molecular formula is C13H13F3N2O4. The van der Waals surface area contributed by atoms with E-state index in [0.717, 1.165) is 11.0 Å². The van der Waals surface area contributed by atoms with Gasteiger partial charge in [0.1, 0.15) is 0 Å². The predicted octanol–water partition coefficient (Wildman–Crippen LogP) is 2.04. The highest BCUT2D eigenvalue weighted by Gasteiger charge is 2.57. The van der Waals surface area contributed by atoms with Gasteiger partial charge in [-0.15, -0.1) is 0 Å². The minimum Gasteiger partial charge on any atom is -0.379 e. The molecule has 0 unspecified atom stereocenters. The number of nitro benzene ring substituents is 1. The van der Waals surface area contributed by atoms with E-state index in [-0.39, 0.29) is 17.8 Å². The van der Waals surface area contributed by atoms with Gasteiger partial charge in [0.2, 0.25) is 0 Å². The van der Waals surface area contributed by atoms with Gasteiger partial charge in [-0.05, 0) is 18.6 Å². The normalized spacial score (nSPS) is 22.0. The first-order chi connectivity index (χ1) is 10.0. The number of nitro groups is 1. The molecule has 0 spiro atoms. The van der Waals surface area contributed by atoms with Crippen LogP contribution in [0.2, 0.25) is 0 Å². The first-order valence-electron chi connectivity index (χ1n) is 6.38. The molecular weight excluding hydrogens is 305 g/mol. The van der Waals surface area contributed by atoms with Gasteiger partial charge in [-0.3, -0.25) is 14.9 Å². The minimum absolute atomic E-state index is 0.0806. The van der Waals surface area contributed by atoms with Crippen LogP contribution in [0, 0.1) is 17.0 Å². The van der Waals surface area contributed by atoms with Crippen molar-refractivity contribution in [1.29, 1.82) is 0 Å². The molecule has 1 atom stereocenters. The fraction of sp³-hybridized carbons (Fsp3) is 0.462. The average molecular weight is 318 g/mol. The van der Waals surface area contributed by atoms with Crippen LogP contribution in [0.1, 0.15) is 22.3 Å². The molecule has 0 aliphatic carbocycles. The first kappa shape index (κ1) is 16.2. The average Bonchev–Trinajstić information content (AvgIpc) is 2.81. The molecule has 1 heterocycles. The zero-order valence-corrected chi connectivity index (χ0v) is 11.6. The van der Waals surface area contributed by atoms with Crippen molar-refractivity contribution in [3.05, 3.63) is 39.4 Å². The van der Waals surface area contributed by atoms with Crippen molar-refractivity contribution in [2.24, 2.45) is 0 Å². The van der Waals surface area contributed by atoms with Gasteiger partial charge in [-0.1, -0.05) is 0 Å². The van der Waals surface area contributed by atoms with E-state index in [2.05, 4.69) is 0 Å². The van der Waals surface area contributed by atoms with Gasteiger partial charge in [0, 0.05) is 30.7 Å². The summed E-state index contributed by atoms with van der Waals surface area (Å²) in [4.78, 5) is 23.2.